The molecule has 2 fully saturated rings. The fourth-order valence-electron chi connectivity index (χ4n) is 7.80. The van der Waals surface area contributed by atoms with Gasteiger partial charge in [0.15, 0.2) is 0 Å². The molecule has 0 amide bonds. The lowest BCUT2D eigenvalue weighted by Gasteiger charge is -2.42. The summed E-state index contributed by atoms with van der Waals surface area (Å²) in [6, 6.07) is 42.2. The van der Waals surface area contributed by atoms with Crippen LogP contribution in [0.15, 0.2) is 115 Å². The average Bonchev–Trinajstić information content (AvgIpc) is 3.35. The van der Waals surface area contributed by atoms with Gasteiger partial charge >= 0.3 is 0 Å². The highest BCUT2D eigenvalue weighted by Gasteiger charge is 2.44. The van der Waals surface area contributed by atoms with E-state index in [2.05, 4.69) is 128 Å². The summed E-state index contributed by atoms with van der Waals surface area (Å²) in [5.74, 6) is 1.83. The zero-order valence-corrected chi connectivity index (χ0v) is 22.9. The maximum absolute atomic E-state index is 3.83. The van der Waals surface area contributed by atoms with Crippen LogP contribution >= 0.6 is 0 Å². The Morgan fingerprint density at radius 1 is 0.615 bits per heavy atom. The van der Waals surface area contributed by atoms with Gasteiger partial charge in [-0.1, -0.05) is 117 Å². The predicted molar refractivity (Wildman–Crippen MR) is 167 cm³/mol. The molecule has 0 radical (unpaired) electrons. The molecule has 0 saturated heterocycles. The number of hydrogen-bond acceptors (Lipinski definition) is 1. The van der Waals surface area contributed by atoms with Gasteiger partial charge in [0.05, 0.1) is 0 Å². The fraction of sp³-hybridized carbons (Fsp3) is 0.263. The van der Waals surface area contributed by atoms with E-state index in [1.165, 1.54) is 82.8 Å². The van der Waals surface area contributed by atoms with E-state index < -0.39 is 0 Å². The van der Waals surface area contributed by atoms with E-state index in [-0.39, 0.29) is 0 Å². The number of anilines is 2. The van der Waals surface area contributed by atoms with Crippen molar-refractivity contribution in [3.8, 4) is 22.3 Å². The summed E-state index contributed by atoms with van der Waals surface area (Å²) in [6.07, 6.45) is 8.26. The summed E-state index contributed by atoms with van der Waals surface area (Å²) >= 11 is 0. The van der Waals surface area contributed by atoms with Gasteiger partial charge in [0.2, 0.25) is 0 Å². The highest BCUT2D eigenvalue weighted by atomic mass is 14.9. The molecule has 0 heterocycles. The van der Waals surface area contributed by atoms with E-state index in [0.29, 0.717) is 5.41 Å². The van der Waals surface area contributed by atoms with Gasteiger partial charge in [-0.25, -0.2) is 0 Å². The summed E-state index contributed by atoms with van der Waals surface area (Å²) in [7, 11) is 0. The molecule has 1 N–H and O–H groups in total. The molecule has 0 spiro atoms. The van der Waals surface area contributed by atoms with Crippen molar-refractivity contribution in [3.05, 3.63) is 121 Å². The number of para-hydroxylation sites is 1. The third-order valence-corrected chi connectivity index (χ3v) is 9.67. The molecular formula is C38H37N. The Balaban J connectivity index is 1.20. The van der Waals surface area contributed by atoms with Crippen molar-refractivity contribution >= 4 is 22.1 Å². The Labute approximate surface area is 232 Å². The smallest absolute Gasteiger partial charge is 0.0422 e. The molecule has 0 aliphatic heterocycles. The normalized spacial score (nSPS) is 22.2. The van der Waals surface area contributed by atoms with E-state index in [1.807, 2.05) is 0 Å². The quantitative estimate of drug-likeness (QED) is 0.241. The second-order valence-corrected chi connectivity index (χ2v) is 11.9. The van der Waals surface area contributed by atoms with Gasteiger partial charge in [-0.05, 0) is 99.7 Å². The van der Waals surface area contributed by atoms with Crippen molar-refractivity contribution < 1.29 is 0 Å². The van der Waals surface area contributed by atoms with Crippen LogP contribution in [0, 0.1) is 11.8 Å². The molecule has 2 aliphatic carbocycles. The SMILES string of the molecule is CCC1(c2ccccc2Nc2ccc(-c3ccc(-c4ccccc4)c4ccccc34)cc2)CC2CC[C@@H](C2)C1. The Kier molecular flexibility index (Phi) is 6.24. The maximum atomic E-state index is 3.83. The zero-order valence-electron chi connectivity index (χ0n) is 22.9. The van der Waals surface area contributed by atoms with Crippen LogP contribution in [-0.4, -0.2) is 0 Å². The van der Waals surface area contributed by atoms with E-state index in [0.717, 1.165) is 17.5 Å². The summed E-state index contributed by atoms with van der Waals surface area (Å²) in [4.78, 5) is 0. The fourth-order valence-corrected chi connectivity index (χ4v) is 7.80. The van der Waals surface area contributed by atoms with Crippen LogP contribution in [0.1, 0.15) is 51.0 Å². The maximum Gasteiger partial charge on any atom is 0.0422 e. The van der Waals surface area contributed by atoms with Gasteiger partial charge in [-0.15, -0.1) is 0 Å². The van der Waals surface area contributed by atoms with Gasteiger partial charge in [0, 0.05) is 11.4 Å². The third-order valence-electron chi connectivity index (χ3n) is 9.67. The minimum atomic E-state index is 0.313. The van der Waals surface area contributed by atoms with Crippen molar-refractivity contribution in [2.24, 2.45) is 11.8 Å². The molecule has 194 valence electrons. The van der Waals surface area contributed by atoms with Crippen LogP contribution in [0.25, 0.3) is 33.0 Å². The molecule has 2 saturated carbocycles. The van der Waals surface area contributed by atoms with Crippen molar-refractivity contribution in [2.45, 2.75) is 50.9 Å². The van der Waals surface area contributed by atoms with Gasteiger partial charge < -0.3 is 5.32 Å². The zero-order chi connectivity index (χ0) is 26.2. The molecule has 1 heteroatoms. The monoisotopic (exact) mass is 507 g/mol. The first-order valence-electron chi connectivity index (χ1n) is 14.8. The molecule has 39 heavy (non-hydrogen) atoms. The van der Waals surface area contributed by atoms with Crippen LogP contribution in [0.3, 0.4) is 0 Å². The van der Waals surface area contributed by atoms with E-state index in [4.69, 9.17) is 0 Å². The van der Waals surface area contributed by atoms with Crippen LogP contribution in [0.4, 0.5) is 11.4 Å². The standard InChI is InChI=1S/C38H37N/c1-2-38(25-27-16-17-28(24-27)26-38)36-14-8-9-15-37(36)39-31-20-18-30(19-21-31)33-23-22-32(29-10-4-3-5-11-29)34-12-6-7-13-35(33)34/h3-15,18-23,27-28,39H,2,16-17,24-26H2,1H3/t27-,28?,38?/m0/s1. The molecule has 2 aliphatic rings. The summed E-state index contributed by atoms with van der Waals surface area (Å²) in [5.41, 5.74) is 9.34. The molecule has 0 aromatic heterocycles. The first-order chi connectivity index (χ1) is 19.2. The van der Waals surface area contributed by atoms with Gasteiger partial charge in [-0.3, -0.25) is 0 Å². The van der Waals surface area contributed by atoms with E-state index >= 15 is 0 Å². The van der Waals surface area contributed by atoms with E-state index in [1.54, 1.807) is 0 Å². The Bertz CT molecular complexity index is 1590. The van der Waals surface area contributed by atoms with Crippen molar-refractivity contribution in [1.82, 2.24) is 0 Å². The van der Waals surface area contributed by atoms with E-state index in [9.17, 15) is 0 Å². The molecule has 7 rings (SSSR count). The molecule has 5 aromatic rings. The minimum Gasteiger partial charge on any atom is -0.355 e. The lowest BCUT2D eigenvalue weighted by atomic mass is 9.63. The highest BCUT2D eigenvalue weighted by molar-refractivity contribution is 6.05. The molecule has 2 bridgehead atoms. The lowest BCUT2D eigenvalue weighted by molar-refractivity contribution is 0.207. The summed E-state index contributed by atoms with van der Waals surface area (Å²) in [6.45, 7) is 2.41. The number of hydrogen-bond donors (Lipinski definition) is 1. The van der Waals surface area contributed by atoms with Crippen LogP contribution < -0.4 is 5.32 Å². The largest absolute Gasteiger partial charge is 0.355 e. The number of rotatable bonds is 6. The molecule has 1 nitrogen and oxygen atoms in total. The number of fused-ring (bicyclic) bond motifs is 3. The number of benzene rings is 5. The lowest BCUT2D eigenvalue weighted by Crippen LogP contribution is -2.33. The third kappa shape index (κ3) is 4.44. The number of nitrogens with one attached hydrogen (secondary N) is 1. The van der Waals surface area contributed by atoms with Gasteiger partial charge in [0.25, 0.3) is 0 Å². The molecular weight excluding hydrogens is 470 g/mol. The van der Waals surface area contributed by atoms with Crippen molar-refractivity contribution in [3.63, 3.8) is 0 Å². The van der Waals surface area contributed by atoms with Gasteiger partial charge in [-0.2, -0.15) is 0 Å². The average molecular weight is 508 g/mol. The Morgan fingerprint density at radius 2 is 1.18 bits per heavy atom. The molecule has 3 atom stereocenters. The first kappa shape index (κ1) is 24.2. The highest BCUT2D eigenvalue weighted by Crippen LogP contribution is 2.54. The van der Waals surface area contributed by atoms with Crippen LogP contribution in [0.2, 0.25) is 0 Å². The van der Waals surface area contributed by atoms with Crippen molar-refractivity contribution in [1.29, 1.82) is 0 Å². The second kappa shape index (κ2) is 10.0. The van der Waals surface area contributed by atoms with Crippen LogP contribution in [0.5, 0.6) is 0 Å². The topological polar surface area (TPSA) is 12.0 Å². The van der Waals surface area contributed by atoms with Crippen LogP contribution in [-0.2, 0) is 5.41 Å². The Hall–Kier alpha value is -3.84. The molecule has 5 aromatic carbocycles. The first-order valence-corrected chi connectivity index (χ1v) is 14.8. The molecule has 2 unspecified atom stereocenters. The predicted octanol–water partition coefficient (Wildman–Crippen LogP) is 10.8. The minimum absolute atomic E-state index is 0.313. The second-order valence-electron chi connectivity index (χ2n) is 11.9. The van der Waals surface area contributed by atoms with Crippen molar-refractivity contribution in [2.75, 3.05) is 5.32 Å². The van der Waals surface area contributed by atoms with Gasteiger partial charge in [0.1, 0.15) is 0 Å². The Morgan fingerprint density at radius 3 is 1.82 bits per heavy atom. The summed E-state index contributed by atoms with van der Waals surface area (Å²) in [5, 5.41) is 6.41. The summed E-state index contributed by atoms with van der Waals surface area (Å²) < 4.78 is 0.